The van der Waals surface area contributed by atoms with E-state index in [2.05, 4.69) is 17.1 Å². The number of alkyl halides is 2. The number of rotatable bonds is 4. The molecular formula is C15H22F2N2. The van der Waals surface area contributed by atoms with Crippen molar-refractivity contribution in [3.63, 3.8) is 0 Å². The van der Waals surface area contributed by atoms with Gasteiger partial charge in [-0.1, -0.05) is 18.2 Å². The normalized spacial score (nSPS) is 19.4. The number of nitrogens with zero attached hydrogens (tertiary/aromatic N) is 1. The molecule has 0 radical (unpaired) electrons. The number of benzene rings is 1. The van der Waals surface area contributed by atoms with Crippen molar-refractivity contribution in [3.8, 4) is 0 Å². The maximum Gasteiger partial charge on any atom is 0.270 e. The first-order chi connectivity index (χ1) is 8.97. The lowest BCUT2D eigenvalue weighted by Gasteiger charge is -2.33. The van der Waals surface area contributed by atoms with Crippen molar-refractivity contribution in [2.75, 3.05) is 26.2 Å². The number of hydrogen-bond acceptors (Lipinski definition) is 2. The van der Waals surface area contributed by atoms with Gasteiger partial charge in [0, 0.05) is 44.7 Å². The van der Waals surface area contributed by atoms with E-state index in [-0.39, 0.29) is 5.56 Å². The Balaban J connectivity index is 2.02. The fourth-order valence-electron chi connectivity index (χ4n) is 2.56. The van der Waals surface area contributed by atoms with Crippen LogP contribution in [0.1, 0.15) is 25.0 Å². The van der Waals surface area contributed by atoms with E-state index >= 15 is 0 Å². The predicted octanol–water partition coefficient (Wildman–Crippen LogP) is 2.63. The van der Waals surface area contributed by atoms with Crippen LogP contribution in [0.5, 0.6) is 0 Å². The highest BCUT2D eigenvalue weighted by atomic mass is 19.3. The van der Waals surface area contributed by atoms with Gasteiger partial charge in [0.2, 0.25) is 0 Å². The standard InChI is InChI=1S/C15H22F2N2/c1-12(19-8-6-18-7-9-19)10-13-4-3-5-14(11-13)15(2,16)17/h3-5,11-12,18H,6-10H2,1-2H3. The lowest BCUT2D eigenvalue weighted by molar-refractivity contribution is 0.0173. The molecular weight excluding hydrogens is 246 g/mol. The summed E-state index contributed by atoms with van der Waals surface area (Å²) in [5.41, 5.74) is 1.10. The molecule has 0 bridgehead atoms. The lowest BCUT2D eigenvalue weighted by atomic mass is 10.0. The van der Waals surface area contributed by atoms with Crippen LogP contribution in [0.25, 0.3) is 0 Å². The third-order valence-corrected chi connectivity index (χ3v) is 3.74. The van der Waals surface area contributed by atoms with Crippen LogP contribution in [0.3, 0.4) is 0 Å². The summed E-state index contributed by atoms with van der Waals surface area (Å²) in [4.78, 5) is 2.41. The smallest absolute Gasteiger partial charge is 0.270 e. The van der Waals surface area contributed by atoms with Crippen molar-refractivity contribution in [1.29, 1.82) is 0 Å². The molecule has 1 heterocycles. The Kier molecular flexibility index (Phi) is 4.53. The van der Waals surface area contributed by atoms with E-state index in [9.17, 15) is 8.78 Å². The molecule has 1 atom stereocenters. The molecule has 1 fully saturated rings. The van der Waals surface area contributed by atoms with Gasteiger partial charge in [0.15, 0.2) is 0 Å². The first-order valence-electron chi connectivity index (χ1n) is 6.89. The van der Waals surface area contributed by atoms with Crippen LogP contribution in [0.4, 0.5) is 8.78 Å². The summed E-state index contributed by atoms with van der Waals surface area (Å²) in [6, 6.07) is 7.20. The van der Waals surface area contributed by atoms with Crippen molar-refractivity contribution in [2.24, 2.45) is 0 Å². The van der Waals surface area contributed by atoms with Gasteiger partial charge < -0.3 is 5.32 Å². The van der Waals surface area contributed by atoms with Crippen LogP contribution in [0.2, 0.25) is 0 Å². The van der Waals surface area contributed by atoms with Crippen molar-refractivity contribution in [2.45, 2.75) is 32.2 Å². The third-order valence-electron chi connectivity index (χ3n) is 3.74. The van der Waals surface area contributed by atoms with Gasteiger partial charge in [-0.15, -0.1) is 0 Å². The van der Waals surface area contributed by atoms with Crippen LogP contribution in [-0.4, -0.2) is 37.1 Å². The van der Waals surface area contributed by atoms with Gasteiger partial charge in [0.25, 0.3) is 5.92 Å². The number of piperazine rings is 1. The number of nitrogens with one attached hydrogen (secondary N) is 1. The number of halogens is 2. The molecule has 106 valence electrons. The second-order valence-corrected chi connectivity index (χ2v) is 5.43. The summed E-state index contributed by atoms with van der Waals surface area (Å²) in [6.45, 7) is 7.21. The van der Waals surface area contributed by atoms with E-state index < -0.39 is 5.92 Å². The molecule has 0 amide bonds. The van der Waals surface area contributed by atoms with E-state index in [0.717, 1.165) is 45.1 Å². The second kappa shape index (κ2) is 5.97. The molecule has 1 unspecified atom stereocenters. The van der Waals surface area contributed by atoms with Crippen molar-refractivity contribution < 1.29 is 8.78 Å². The minimum absolute atomic E-state index is 0.109. The summed E-state index contributed by atoms with van der Waals surface area (Å²) < 4.78 is 26.6. The van der Waals surface area contributed by atoms with Crippen molar-refractivity contribution >= 4 is 0 Å². The van der Waals surface area contributed by atoms with E-state index in [0.29, 0.717) is 6.04 Å². The van der Waals surface area contributed by atoms with Crippen LogP contribution >= 0.6 is 0 Å². The molecule has 1 aliphatic heterocycles. The van der Waals surface area contributed by atoms with Crippen LogP contribution < -0.4 is 5.32 Å². The minimum Gasteiger partial charge on any atom is -0.314 e. The van der Waals surface area contributed by atoms with Gasteiger partial charge in [0.05, 0.1) is 0 Å². The van der Waals surface area contributed by atoms with E-state index in [4.69, 9.17) is 0 Å². The quantitative estimate of drug-likeness (QED) is 0.903. The summed E-state index contributed by atoms with van der Waals surface area (Å²) >= 11 is 0. The highest BCUT2D eigenvalue weighted by Crippen LogP contribution is 2.27. The molecule has 1 aliphatic rings. The van der Waals surface area contributed by atoms with Gasteiger partial charge >= 0.3 is 0 Å². The Bertz CT molecular complexity index is 409. The lowest BCUT2D eigenvalue weighted by Crippen LogP contribution is -2.48. The first-order valence-corrected chi connectivity index (χ1v) is 6.89. The molecule has 0 spiro atoms. The van der Waals surface area contributed by atoms with Gasteiger partial charge in [-0.2, -0.15) is 0 Å². The molecule has 1 aromatic carbocycles. The van der Waals surface area contributed by atoms with E-state index in [1.165, 1.54) is 6.07 Å². The summed E-state index contributed by atoms with van der Waals surface area (Å²) in [5.74, 6) is -2.76. The third kappa shape index (κ3) is 3.98. The molecule has 0 saturated carbocycles. The van der Waals surface area contributed by atoms with E-state index in [1.54, 1.807) is 12.1 Å². The zero-order chi connectivity index (χ0) is 13.9. The molecule has 0 aliphatic carbocycles. The van der Waals surface area contributed by atoms with Gasteiger partial charge in [0.1, 0.15) is 0 Å². The van der Waals surface area contributed by atoms with E-state index in [1.807, 2.05) is 6.07 Å². The van der Waals surface area contributed by atoms with Gasteiger partial charge in [-0.25, -0.2) is 8.78 Å². The molecule has 1 saturated heterocycles. The Morgan fingerprint density at radius 1 is 1.32 bits per heavy atom. The Morgan fingerprint density at radius 3 is 2.63 bits per heavy atom. The fourth-order valence-corrected chi connectivity index (χ4v) is 2.56. The topological polar surface area (TPSA) is 15.3 Å². The molecule has 2 nitrogen and oxygen atoms in total. The van der Waals surface area contributed by atoms with Gasteiger partial charge in [-0.3, -0.25) is 4.90 Å². The van der Waals surface area contributed by atoms with Crippen LogP contribution in [-0.2, 0) is 12.3 Å². The fraction of sp³-hybridized carbons (Fsp3) is 0.600. The highest BCUT2D eigenvalue weighted by Gasteiger charge is 2.24. The summed E-state index contributed by atoms with van der Waals surface area (Å²) in [6.07, 6.45) is 0.823. The monoisotopic (exact) mass is 268 g/mol. The zero-order valence-electron chi connectivity index (χ0n) is 11.6. The minimum atomic E-state index is -2.76. The van der Waals surface area contributed by atoms with Gasteiger partial charge in [-0.05, 0) is 25.0 Å². The predicted molar refractivity (Wildman–Crippen MR) is 73.6 cm³/mol. The Labute approximate surface area is 113 Å². The average molecular weight is 268 g/mol. The Hall–Kier alpha value is -1.00. The zero-order valence-corrected chi connectivity index (χ0v) is 11.6. The second-order valence-electron chi connectivity index (χ2n) is 5.43. The maximum atomic E-state index is 13.3. The first kappa shape index (κ1) is 14.4. The van der Waals surface area contributed by atoms with Crippen LogP contribution in [0, 0.1) is 0 Å². The van der Waals surface area contributed by atoms with Crippen molar-refractivity contribution in [3.05, 3.63) is 35.4 Å². The average Bonchev–Trinajstić information content (AvgIpc) is 2.39. The molecule has 4 heteroatoms. The highest BCUT2D eigenvalue weighted by molar-refractivity contribution is 5.27. The molecule has 2 rings (SSSR count). The number of hydrogen-bond donors (Lipinski definition) is 1. The van der Waals surface area contributed by atoms with Crippen LogP contribution in [0.15, 0.2) is 24.3 Å². The molecule has 1 N–H and O–H groups in total. The summed E-state index contributed by atoms with van der Waals surface area (Å²) in [5, 5.41) is 3.32. The SMILES string of the molecule is CC(Cc1cccc(C(C)(F)F)c1)N1CCNCC1. The summed E-state index contributed by atoms with van der Waals surface area (Å²) in [7, 11) is 0. The molecule has 0 aromatic heterocycles. The molecule has 19 heavy (non-hydrogen) atoms. The molecule has 1 aromatic rings. The Morgan fingerprint density at radius 2 is 2.00 bits per heavy atom. The maximum absolute atomic E-state index is 13.3. The largest absolute Gasteiger partial charge is 0.314 e. The van der Waals surface area contributed by atoms with Crippen molar-refractivity contribution in [1.82, 2.24) is 10.2 Å².